The van der Waals surface area contributed by atoms with Gasteiger partial charge in [0.05, 0.1) is 35.2 Å². The van der Waals surface area contributed by atoms with Gasteiger partial charge < -0.3 is 13.7 Å². The first kappa shape index (κ1) is 20.6. The van der Waals surface area contributed by atoms with E-state index in [1.165, 1.54) is 17.2 Å². The zero-order chi connectivity index (χ0) is 22.8. The van der Waals surface area contributed by atoms with E-state index in [-0.39, 0.29) is 16.7 Å². The molecule has 0 unspecified atom stereocenters. The lowest BCUT2D eigenvalue weighted by atomic mass is 9.86. The van der Waals surface area contributed by atoms with Crippen molar-refractivity contribution >= 4 is 10.9 Å². The third kappa shape index (κ3) is 2.92. The van der Waals surface area contributed by atoms with Crippen LogP contribution in [0.15, 0.2) is 56.7 Å². The second kappa shape index (κ2) is 7.10. The van der Waals surface area contributed by atoms with Crippen LogP contribution in [0, 0.1) is 0 Å². The second-order valence-corrected chi connectivity index (χ2v) is 9.41. The fourth-order valence-electron chi connectivity index (χ4n) is 4.67. The van der Waals surface area contributed by atoms with E-state index in [1.807, 2.05) is 12.1 Å². The second-order valence-electron chi connectivity index (χ2n) is 9.41. The molecule has 7 heteroatoms. The van der Waals surface area contributed by atoms with Gasteiger partial charge in [0.2, 0.25) is 0 Å². The first-order valence-electron chi connectivity index (χ1n) is 10.8. The summed E-state index contributed by atoms with van der Waals surface area (Å²) in [7, 11) is 3.22. The Balaban J connectivity index is 1.89. The molecule has 7 nitrogen and oxygen atoms in total. The molecule has 1 aliphatic rings. The van der Waals surface area contributed by atoms with Gasteiger partial charge in [-0.3, -0.25) is 13.9 Å². The maximum absolute atomic E-state index is 13.4. The first-order valence-corrected chi connectivity index (χ1v) is 10.8. The normalized spacial score (nSPS) is 16.5. The van der Waals surface area contributed by atoms with E-state index < -0.39 is 6.10 Å². The van der Waals surface area contributed by atoms with Gasteiger partial charge in [0.25, 0.3) is 5.56 Å². The van der Waals surface area contributed by atoms with Crippen molar-refractivity contribution in [3.63, 3.8) is 0 Å². The highest BCUT2D eigenvalue weighted by molar-refractivity contribution is 5.96. The lowest BCUT2D eigenvalue weighted by molar-refractivity contribution is 0.0347. The molecule has 1 aromatic carbocycles. The zero-order valence-corrected chi connectivity index (χ0v) is 19.0. The first-order chi connectivity index (χ1) is 15.2. The Kier molecular flexibility index (Phi) is 4.57. The van der Waals surface area contributed by atoms with Crippen LogP contribution < -0.4 is 11.2 Å². The number of fused-ring (bicyclic) bond motifs is 3. The number of furan rings is 1. The summed E-state index contributed by atoms with van der Waals surface area (Å²) in [6, 6.07) is 12.0. The van der Waals surface area contributed by atoms with Gasteiger partial charge in [-0.2, -0.15) is 0 Å². The average Bonchev–Trinajstić information content (AvgIpc) is 3.42. The molecule has 0 saturated heterocycles. The van der Waals surface area contributed by atoms with Crippen LogP contribution in [0.2, 0.25) is 0 Å². The Labute approximate surface area is 185 Å². The molecule has 4 aromatic rings. The molecule has 3 aromatic heterocycles. The molecule has 0 saturated carbocycles. The molecule has 166 valence electrons. The Bertz CT molecular complexity index is 1430. The number of aromatic nitrogens is 3. The lowest BCUT2D eigenvalue weighted by Gasteiger charge is -2.26. The van der Waals surface area contributed by atoms with Gasteiger partial charge in [-0.15, -0.1) is 0 Å². The molecule has 0 N–H and O–H groups in total. The monoisotopic (exact) mass is 433 g/mol. The molecule has 4 heterocycles. The summed E-state index contributed by atoms with van der Waals surface area (Å²) in [5.74, 6) is 0.646. The van der Waals surface area contributed by atoms with E-state index in [0.717, 1.165) is 17.0 Å². The molecule has 0 aliphatic carbocycles. The van der Waals surface area contributed by atoms with E-state index in [4.69, 9.17) is 9.15 Å². The Hall–Kier alpha value is -3.32. The van der Waals surface area contributed by atoms with Crippen LogP contribution in [0.3, 0.4) is 0 Å². The van der Waals surface area contributed by atoms with Gasteiger partial charge >= 0.3 is 5.69 Å². The SMILES string of the molecule is Cn1c(=O)c2c(-c3ccc(C(C)(C)C)cc3)n3c(c2n(C)c1=O)[C@H](c1ccco1)OCC3. The highest BCUT2D eigenvalue weighted by atomic mass is 16.5. The fourth-order valence-corrected chi connectivity index (χ4v) is 4.67. The molecule has 0 bridgehead atoms. The third-order valence-electron chi connectivity index (χ3n) is 6.38. The fraction of sp³-hybridized carbons (Fsp3) is 0.360. The van der Waals surface area contributed by atoms with Gasteiger partial charge in [0.15, 0.2) is 6.10 Å². The molecule has 32 heavy (non-hydrogen) atoms. The molecule has 0 fully saturated rings. The van der Waals surface area contributed by atoms with Crippen molar-refractivity contribution in [1.82, 2.24) is 13.7 Å². The zero-order valence-electron chi connectivity index (χ0n) is 19.0. The maximum atomic E-state index is 13.4. The summed E-state index contributed by atoms with van der Waals surface area (Å²) in [6.07, 6.45) is 1.11. The number of aryl methyl sites for hydroxylation is 1. The van der Waals surface area contributed by atoms with E-state index in [1.54, 1.807) is 17.9 Å². The molecule has 5 rings (SSSR count). The summed E-state index contributed by atoms with van der Waals surface area (Å²) < 4.78 is 16.6. The van der Waals surface area contributed by atoms with Crippen LogP contribution in [-0.2, 0) is 30.8 Å². The van der Waals surface area contributed by atoms with E-state index in [2.05, 4.69) is 49.6 Å². The van der Waals surface area contributed by atoms with Crippen LogP contribution in [0.5, 0.6) is 0 Å². The van der Waals surface area contributed by atoms with E-state index >= 15 is 0 Å². The summed E-state index contributed by atoms with van der Waals surface area (Å²) in [5.41, 5.74) is 3.68. The van der Waals surface area contributed by atoms with Crippen LogP contribution in [-0.4, -0.2) is 20.3 Å². The minimum absolute atomic E-state index is 0.0252. The quantitative estimate of drug-likeness (QED) is 0.483. The largest absolute Gasteiger partial charge is 0.466 e. The summed E-state index contributed by atoms with van der Waals surface area (Å²) in [4.78, 5) is 26.2. The maximum Gasteiger partial charge on any atom is 0.331 e. The van der Waals surface area contributed by atoms with Crippen LogP contribution in [0.1, 0.15) is 43.9 Å². The number of benzene rings is 1. The highest BCUT2D eigenvalue weighted by Gasteiger charge is 2.34. The van der Waals surface area contributed by atoms with Gasteiger partial charge in [0.1, 0.15) is 5.76 Å². The van der Waals surface area contributed by atoms with Crippen molar-refractivity contribution in [2.45, 2.75) is 38.8 Å². The molecule has 0 radical (unpaired) electrons. The standard InChI is InChI=1S/C25H27N3O4/c1-25(2,3)16-10-8-15(9-11-16)19-18-20(26(4)24(30)27(5)23(18)29)21-22(17-7-6-13-31-17)32-14-12-28(19)21/h6-11,13,22H,12,14H2,1-5H3/t22-/m0/s1. The van der Waals surface area contributed by atoms with Crippen LogP contribution in [0.4, 0.5) is 0 Å². The molecule has 0 spiro atoms. The van der Waals surface area contributed by atoms with Crippen LogP contribution in [0.25, 0.3) is 22.2 Å². The smallest absolute Gasteiger partial charge is 0.331 e. The number of ether oxygens (including phenoxy) is 1. The van der Waals surface area contributed by atoms with Crippen molar-refractivity contribution in [2.24, 2.45) is 14.1 Å². The summed E-state index contributed by atoms with van der Waals surface area (Å²) >= 11 is 0. The summed E-state index contributed by atoms with van der Waals surface area (Å²) in [6.45, 7) is 7.57. The van der Waals surface area contributed by atoms with E-state index in [0.29, 0.717) is 29.8 Å². The Morgan fingerprint density at radius 1 is 1.00 bits per heavy atom. The predicted molar refractivity (Wildman–Crippen MR) is 123 cm³/mol. The third-order valence-corrected chi connectivity index (χ3v) is 6.38. The molecule has 1 atom stereocenters. The molecular formula is C25H27N3O4. The number of rotatable bonds is 2. The van der Waals surface area contributed by atoms with Crippen molar-refractivity contribution < 1.29 is 9.15 Å². The minimum Gasteiger partial charge on any atom is -0.466 e. The Morgan fingerprint density at radius 3 is 2.34 bits per heavy atom. The predicted octanol–water partition coefficient (Wildman–Crippen LogP) is 3.72. The number of hydrogen-bond donors (Lipinski definition) is 0. The molecular weight excluding hydrogens is 406 g/mol. The number of nitrogens with zero attached hydrogens (tertiary/aromatic N) is 3. The van der Waals surface area contributed by atoms with Gasteiger partial charge in [-0.05, 0) is 28.7 Å². The lowest BCUT2D eigenvalue weighted by Crippen LogP contribution is -2.37. The van der Waals surface area contributed by atoms with E-state index in [9.17, 15) is 9.59 Å². The summed E-state index contributed by atoms with van der Waals surface area (Å²) in [5, 5.41) is 0.523. The van der Waals surface area contributed by atoms with Gasteiger partial charge in [-0.25, -0.2) is 4.79 Å². The van der Waals surface area contributed by atoms with Gasteiger partial charge in [0, 0.05) is 20.6 Å². The molecule has 0 amide bonds. The van der Waals surface area contributed by atoms with Crippen molar-refractivity contribution in [3.05, 3.63) is 80.5 Å². The Morgan fingerprint density at radius 2 is 1.72 bits per heavy atom. The molecule has 1 aliphatic heterocycles. The topological polar surface area (TPSA) is 71.3 Å². The minimum atomic E-state index is -0.499. The number of hydrogen-bond acceptors (Lipinski definition) is 4. The van der Waals surface area contributed by atoms with Crippen molar-refractivity contribution in [1.29, 1.82) is 0 Å². The van der Waals surface area contributed by atoms with Crippen molar-refractivity contribution in [2.75, 3.05) is 6.61 Å². The average molecular weight is 434 g/mol. The highest BCUT2D eigenvalue weighted by Crippen LogP contribution is 2.41. The van der Waals surface area contributed by atoms with Gasteiger partial charge in [-0.1, -0.05) is 45.0 Å². The van der Waals surface area contributed by atoms with Crippen molar-refractivity contribution in [3.8, 4) is 11.3 Å². The van der Waals surface area contributed by atoms with Crippen LogP contribution >= 0.6 is 0 Å².